The van der Waals surface area contributed by atoms with Gasteiger partial charge in [0.15, 0.2) is 5.25 Å². The summed E-state index contributed by atoms with van der Waals surface area (Å²) in [5, 5.41) is 16.9. The number of thioether (sulfide) groups is 2. The molecule has 0 spiro atoms. The maximum Gasteiger partial charge on any atom is 0.335 e. The molecule has 466 valence electrons. The Hall–Kier alpha value is -4.57. The number of urea groups is 2. The summed E-state index contributed by atoms with van der Waals surface area (Å²) in [5.74, 6) is -1.19. The number of hydrogen-bond acceptors (Lipinski definition) is 17. The average Bonchev–Trinajstić information content (AvgIpc) is 3.73. The highest BCUT2D eigenvalue weighted by molar-refractivity contribution is 8.00. The van der Waals surface area contributed by atoms with Crippen LogP contribution in [0, 0.1) is 0 Å². The second kappa shape index (κ2) is 37.1. The van der Waals surface area contributed by atoms with Crippen molar-refractivity contribution < 1.29 is 70.4 Å². The number of carbonyl (C=O) groups is 8. The first-order valence-electron chi connectivity index (χ1n) is 30.2. The van der Waals surface area contributed by atoms with Crippen LogP contribution in [0.15, 0.2) is 24.3 Å². The first kappa shape index (κ1) is 67.6. The van der Waals surface area contributed by atoms with Gasteiger partial charge in [-0.25, -0.2) is 14.4 Å². The van der Waals surface area contributed by atoms with Crippen molar-refractivity contribution in [3.63, 3.8) is 0 Å². The van der Waals surface area contributed by atoms with Crippen LogP contribution in [0.4, 0.5) is 9.59 Å². The molecule has 5 aliphatic heterocycles. The maximum absolute atomic E-state index is 12.9. The molecular weight excluding hydrogens is 1130 g/mol. The Morgan fingerprint density at radius 3 is 1.70 bits per heavy atom. The summed E-state index contributed by atoms with van der Waals surface area (Å²) in [6.45, 7) is 4.78. The standard InChI is InChI=1S/C57H90N8O15S3/c66-43(18-10-11-19-46-52-44(39-81-46)60-56(72)62-52)17-9-5-2-1-3-7-15-29-64(30-16-8-4-6-14-27-58-49(67)21-13-12-20-47-53-45(40-82-47)61-57(73)63-53)38-41-22-24-42(25-23-41)54(70)59-28-32-78-34-36-79-35-33-77-31-26-51(69)80-65-50(68)37-48(55(65)71)83(74,75)76/h22-25,44-48,52-53H,1-21,26-40H2,(H,58,67)(H,59,70)(H2,60,62,72)(H2,61,63,73)(H,74,75,76). The highest BCUT2D eigenvalue weighted by Crippen LogP contribution is 2.34. The fraction of sp³-hybridized carbons (Fsp3) is 0.754. The molecule has 0 radical (unpaired) electrons. The molecule has 5 heterocycles. The fourth-order valence-electron chi connectivity index (χ4n) is 10.9. The van der Waals surface area contributed by atoms with Crippen LogP contribution in [0.3, 0.4) is 0 Å². The molecule has 0 aliphatic carbocycles. The minimum absolute atomic E-state index is 0.0431. The van der Waals surface area contributed by atoms with Gasteiger partial charge >= 0.3 is 18.0 Å². The number of imide groups is 1. The number of amides is 8. The van der Waals surface area contributed by atoms with E-state index in [-0.39, 0.29) is 99.2 Å². The summed E-state index contributed by atoms with van der Waals surface area (Å²) in [5.41, 5.74) is 1.70. The second-order valence-corrected chi connectivity index (χ2v) is 26.3. The molecule has 8 amide bonds. The van der Waals surface area contributed by atoms with Gasteiger partial charge in [-0.2, -0.15) is 31.9 Å². The highest BCUT2D eigenvalue weighted by Gasteiger charge is 2.48. The van der Waals surface area contributed by atoms with Gasteiger partial charge in [0.2, 0.25) is 5.91 Å². The van der Waals surface area contributed by atoms with Crippen LogP contribution in [0.5, 0.6) is 0 Å². The van der Waals surface area contributed by atoms with Crippen molar-refractivity contribution >= 4 is 81.1 Å². The lowest BCUT2D eigenvalue weighted by atomic mass is 10.0. The quantitative estimate of drug-likeness (QED) is 0.0188. The molecule has 6 rings (SSSR count). The van der Waals surface area contributed by atoms with E-state index in [9.17, 15) is 46.8 Å². The molecule has 23 nitrogen and oxygen atoms in total. The number of ether oxygens (including phenoxy) is 3. The first-order valence-corrected chi connectivity index (χ1v) is 33.8. The molecule has 5 saturated heterocycles. The Kier molecular flexibility index (Phi) is 30.2. The van der Waals surface area contributed by atoms with Gasteiger partial charge in [-0.15, -0.1) is 5.06 Å². The zero-order valence-corrected chi connectivity index (χ0v) is 50.5. The SMILES string of the molecule is O=C(CCCCCCCCCN(CCCCCCCNC(=O)CCCCC1SCC2NC(=O)NC21)Cc1ccc(C(=O)NCCOCCOCCOCCC(=O)ON2C(=O)CC(S(=O)(=O)O)C2=O)cc1)CCCCC1SCC2NC(=O)NC21. The lowest BCUT2D eigenvalue weighted by molar-refractivity contribution is -0.198. The highest BCUT2D eigenvalue weighted by atomic mass is 32.2. The smallest absolute Gasteiger partial charge is 0.335 e. The molecule has 0 bridgehead atoms. The molecule has 26 heteroatoms. The minimum atomic E-state index is -4.82. The molecule has 7 atom stereocenters. The van der Waals surface area contributed by atoms with Crippen molar-refractivity contribution in [2.24, 2.45) is 0 Å². The van der Waals surface area contributed by atoms with Gasteiger partial charge < -0.3 is 50.9 Å². The molecule has 5 aliphatic rings. The predicted octanol–water partition coefficient (Wildman–Crippen LogP) is 5.34. The van der Waals surface area contributed by atoms with Gasteiger partial charge in [-0.3, -0.25) is 33.4 Å². The molecule has 5 fully saturated rings. The zero-order valence-electron chi connectivity index (χ0n) is 48.1. The van der Waals surface area contributed by atoms with Gasteiger partial charge in [0.05, 0.1) is 76.7 Å². The molecule has 83 heavy (non-hydrogen) atoms. The average molecular weight is 1220 g/mol. The third-order valence-electron chi connectivity index (χ3n) is 15.6. The van der Waals surface area contributed by atoms with E-state index in [0.29, 0.717) is 54.2 Å². The van der Waals surface area contributed by atoms with Crippen LogP contribution < -0.4 is 31.9 Å². The van der Waals surface area contributed by atoms with Crippen molar-refractivity contribution in [3.8, 4) is 0 Å². The number of nitrogens with one attached hydrogen (secondary N) is 6. The number of benzene rings is 1. The number of hydroxylamine groups is 2. The monoisotopic (exact) mass is 1220 g/mol. The van der Waals surface area contributed by atoms with Crippen molar-refractivity contribution in [2.75, 3.05) is 77.3 Å². The molecule has 7 unspecified atom stereocenters. The molecule has 7 N–H and O–H groups in total. The minimum Gasteiger partial charge on any atom is -0.378 e. The fourth-order valence-corrected chi connectivity index (χ4v) is 14.7. The van der Waals surface area contributed by atoms with Crippen LogP contribution in [0.25, 0.3) is 0 Å². The van der Waals surface area contributed by atoms with E-state index in [1.165, 1.54) is 12.8 Å². The van der Waals surface area contributed by atoms with Gasteiger partial charge in [0.1, 0.15) is 5.78 Å². The van der Waals surface area contributed by atoms with Crippen LogP contribution in [-0.2, 0) is 59.7 Å². The number of carbonyl (C=O) groups excluding carboxylic acids is 8. The Labute approximate surface area is 497 Å². The molecule has 1 aromatic carbocycles. The molecule has 1 aromatic rings. The summed E-state index contributed by atoms with van der Waals surface area (Å²) < 4.78 is 47.9. The van der Waals surface area contributed by atoms with Crippen LogP contribution >= 0.6 is 23.5 Å². The Morgan fingerprint density at radius 2 is 1.12 bits per heavy atom. The van der Waals surface area contributed by atoms with Crippen LogP contribution in [-0.4, -0.2) is 188 Å². The summed E-state index contributed by atoms with van der Waals surface area (Å²) in [7, 11) is -4.82. The van der Waals surface area contributed by atoms with E-state index < -0.39 is 39.6 Å². The van der Waals surface area contributed by atoms with Crippen molar-refractivity contribution in [3.05, 3.63) is 35.4 Å². The number of unbranched alkanes of at least 4 members (excludes halogenated alkanes) is 12. The molecule has 0 aromatic heterocycles. The Bertz CT molecular complexity index is 2360. The van der Waals surface area contributed by atoms with Gasteiger partial charge in [0, 0.05) is 66.5 Å². The first-order chi connectivity index (χ1) is 40.1. The lowest BCUT2D eigenvalue weighted by Crippen LogP contribution is -2.36. The summed E-state index contributed by atoms with van der Waals surface area (Å²) in [6.07, 6.45) is 19.7. The van der Waals surface area contributed by atoms with E-state index >= 15 is 0 Å². The van der Waals surface area contributed by atoms with E-state index in [1.54, 1.807) is 0 Å². The molecule has 0 saturated carbocycles. The van der Waals surface area contributed by atoms with E-state index in [1.807, 2.05) is 47.8 Å². The topological polar surface area (TPSA) is 307 Å². The van der Waals surface area contributed by atoms with E-state index in [4.69, 9.17) is 18.8 Å². The number of ketones is 1. The van der Waals surface area contributed by atoms with Crippen molar-refractivity contribution in [1.82, 2.24) is 41.9 Å². The van der Waals surface area contributed by atoms with Gasteiger partial charge in [0.25, 0.3) is 27.8 Å². The largest absolute Gasteiger partial charge is 0.378 e. The number of fused-ring (bicyclic) bond motifs is 2. The van der Waals surface area contributed by atoms with E-state index in [2.05, 4.69) is 41.6 Å². The Morgan fingerprint density at radius 1 is 0.602 bits per heavy atom. The summed E-state index contributed by atoms with van der Waals surface area (Å²) in [6, 6.07) is 8.52. The number of Topliss-reactive ketones (excluding diaryl/α,β-unsaturated/α-hetero) is 1. The van der Waals surface area contributed by atoms with Gasteiger partial charge in [-0.1, -0.05) is 76.3 Å². The summed E-state index contributed by atoms with van der Waals surface area (Å²) in [4.78, 5) is 104. The number of nitrogens with zero attached hydrogens (tertiary/aromatic N) is 2. The maximum atomic E-state index is 12.9. The lowest BCUT2D eigenvalue weighted by Gasteiger charge is -2.23. The number of hydrogen-bond donors (Lipinski definition) is 7. The van der Waals surface area contributed by atoms with E-state index in [0.717, 1.165) is 139 Å². The van der Waals surface area contributed by atoms with Crippen molar-refractivity contribution in [2.45, 2.75) is 194 Å². The normalized spacial score (nSPS) is 21.9. The van der Waals surface area contributed by atoms with Crippen molar-refractivity contribution in [1.29, 1.82) is 0 Å². The third kappa shape index (κ3) is 24.7. The Balaban J connectivity index is 0.784. The second-order valence-electron chi connectivity index (χ2n) is 22.1. The van der Waals surface area contributed by atoms with Crippen LogP contribution in [0.2, 0.25) is 0 Å². The number of rotatable bonds is 45. The predicted molar refractivity (Wildman–Crippen MR) is 315 cm³/mol. The molecular formula is C57H90N8O15S3. The van der Waals surface area contributed by atoms with Crippen LogP contribution in [0.1, 0.15) is 164 Å². The summed E-state index contributed by atoms with van der Waals surface area (Å²) >= 11 is 3.83. The zero-order chi connectivity index (χ0) is 59.2. The van der Waals surface area contributed by atoms with Gasteiger partial charge in [-0.05, 0) is 82.2 Å². The third-order valence-corrected chi connectivity index (χ3v) is 19.7.